The van der Waals surface area contributed by atoms with Crippen molar-refractivity contribution >= 4 is 29.3 Å². The van der Waals surface area contributed by atoms with Crippen LogP contribution in [-0.2, 0) is 25.7 Å². The number of rotatable bonds is 8. The average molecular weight is 505 g/mol. The first kappa shape index (κ1) is 25.6. The second-order valence-electron chi connectivity index (χ2n) is 8.75. The molecule has 0 aromatic heterocycles. The van der Waals surface area contributed by atoms with Crippen LogP contribution in [0.3, 0.4) is 0 Å². The number of likely N-dealkylation sites (N-methyl/N-ethyl adjacent to an activating group) is 2. The van der Waals surface area contributed by atoms with E-state index in [-0.39, 0.29) is 36.4 Å². The van der Waals surface area contributed by atoms with Gasteiger partial charge in [-0.15, -0.1) is 0 Å². The number of carbonyl (C=O) groups excluding carboxylic acids is 4. The Morgan fingerprint density at radius 3 is 2.62 bits per heavy atom. The van der Waals surface area contributed by atoms with E-state index in [0.29, 0.717) is 30.2 Å². The van der Waals surface area contributed by atoms with Gasteiger partial charge in [-0.3, -0.25) is 24.1 Å². The molecule has 0 saturated carbocycles. The molecule has 10 heteroatoms. The normalized spacial score (nSPS) is 14.0. The molecule has 4 amide bonds. The number of anilines is 1. The van der Waals surface area contributed by atoms with E-state index in [4.69, 9.17) is 9.47 Å². The highest BCUT2D eigenvalue weighted by Gasteiger charge is 2.34. The zero-order chi connectivity index (χ0) is 26.9. The number of nitrogens with one attached hydrogen (secondary N) is 1. The Balaban J connectivity index is 1.52. The lowest BCUT2D eigenvalue weighted by Crippen LogP contribution is -2.40. The number of methoxy groups -OCH3 is 1. The molecule has 0 unspecified atom stereocenters. The molecule has 0 aliphatic carbocycles. The molecule has 2 aromatic carbocycles. The van der Waals surface area contributed by atoms with Crippen LogP contribution >= 0.6 is 0 Å². The fourth-order valence-corrected chi connectivity index (χ4v) is 4.21. The van der Waals surface area contributed by atoms with E-state index in [9.17, 15) is 19.2 Å². The van der Waals surface area contributed by atoms with Crippen molar-refractivity contribution in [2.24, 2.45) is 0 Å². The Morgan fingerprint density at radius 1 is 1.16 bits per heavy atom. The van der Waals surface area contributed by atoms with Gasteiger partial charge in [0.2, 0.25) is 0 Å². The van der Waals surface area contributed by atoms with Gasteiger partial charge in [-0.1, -0.05) is 31.4 Å². The topological polar surface area (TPSA) is 108 Å². The smallest absolute Gasteiger partial charge is 0.271 e. The third-order valence-corrected chi connectivity index (χ3v) is 6.41. The van der Waals surface area contributed by atoms with E-state index in [2.05, 4.69) is 18.5 Å². The standard InChI is InChI=1S/C27H28N4O6/c1-16(26(34)29(3)11-12-36-5)28-25(33)17(2)31-14-21-19(7-6-8-20(21)27(31)35)18-9-10-22-23(13-18)37-15-24(32)30(22)4/h6-10,13H,1-2,11-12,14-15H2,3-5H3,(H,28,33). The molecule has 0 fully saturated rings. The van der Waals surface area contributed by atoms with Gasteiger partial charge in [0, 0.05) is 33.3 Å². The highest BCUT2D eigenvalue weighted by atomic mass is 16.5. The third-order valence-electron chi connectivity index (χ3n) is 6.41. The Kier molecular flexibility index (Phi) is 7.12. The molecule has 0 bridgehead atoms. The summed E-state index contributed by atoms with van der Waals surface area (Å²) in [7, 11) is 4.78. The van der Waals surface area contributed by atoms with Gasteiger partial charge in [0.1, 0.15) is 11.4 Å². The molecule has 0 atom stereocenters. The molecule has 4 rings (SSSR count). The summed E-state index contributed by atoms with van der Waals surface area (Å²) in [6, 6.07) is 10.8. The molecule has 2 aromatic rings. The minimum atomic E-state index is -0.698. The summed E-state index contributed by atoms with van der Waals surface area (Å²) < 4.78 is 10.6. The van der Waals surface area contributed by atoms with Gasteiger partial charge >= 0.3 is 0 Å². The van der Waals surface area contributed by atoms with Crippen molar-refractivity contribution < 1.29 is 28.7 Å². The highest BCUT2D eigenvalue weighted by Crippen LogP contribution is 2.39. The molecular weight excluding hydrogens is 476 g/mol. The number of hydrogen-bond acceptors (Lipinski definition) is 6. The van der Waals surface area contributed by atoms with Crippen LogP contribution in [0.25, 0.3) is 11.1 Å². The maximum Gasteiger partial charge on any atom is 0.271 e. The predicted octanol–water partition coefficient (Wildman–Crippen LogP) is 1.91. The van der Waals surface area contributed by atoms with Crippen LogP contribution in [0.15, 0.2) is 61.0 Å². The molecule has 0 spiro atoms. The number of nitrogens with zero attached hydrogens (tertiary/aromatic N) is 3. The number of fused-ring (bicyclic) bond motifs is 2. The van der Waals surface area contributed by atoms with Gasteiger partial charge in [0.05, 0.1) is 24.5 Å². The summed E-state index contributed by atoms with van der Waals surface area (Å²) in [5.74, 6) is -1.11. The first-order valence-corrected chi connectivity index (χ1v) is 11.5. The zero-order valence-electron chi connectivity index (χ0n) is 21.0. The van der Waals surface area contributed by atoms with Gasteiger partial charge in [-0.25, -0.2) is 0 Å². The highest BCUT2D eigenvalue weighted by molar-refractivity contribution is 6.08. The van der Waals surface area contributed by atoms with Gasteiger partial charge in [0.25, 0.3) is 23.6 Å². The largest absolute Gasteiger partial charge is 0.482 e. The van der Waals surface area contributed by atoms with Crippen molar-refractivity contribution in [1.82, 2.24) is 15.1 Å². The first-order valence-electron chi connectivity index (χ1n) is 11.5. The monoisotopic (exact) mass is 504 g/mol. The van der Waals surface area contributed by atoms with E-state index in [1.807, 2.05) is 18.2 Å². The Hall–Kier alpha value is -4.44. The summed E-state index contributed by atoms with van der Waals surface area (Å²) in [6.45, 7) is 8.19. The quantitative estimate of drug-likeness (QED) is 0.551. The summed E-state index contributed by atoms with van der Waals surface area (Å²) in [4.78, 5) is 54.6. The van der Waals surface area contributed by atoms with Crippen LogP contribution in [0.4, 0.5) is 5.69 Å². The lowest BCUT2D eigenvalue weighted by Gasteiger charge is -2.26. The number of hydrogen-bond donors (Lipinski definition) is 1. The summed E-state index contributed by atoms with van der Waals surface area (Å²) in [5.41, 5.74) is 3.22. The minimum Gasteiger partial charge on any atom is -0.482 e. The van der Waals surface area contributed by atoms with Crippen LogP contribution in [0.1, 0.15) is 15.9 Å². The van der Waals surface area contributed by atoms with E-state index < -0.39 is 11.8 Å². The van der Waals surface area contributed by atoms with Crippen LogP contribution < -0.4 is 15.0 Å². The zero-order valence-corrected chi connectivity index (χ0v) is 21.0. The van der Waals surface area contributed by atoms with Crippen molar-refractivity contribution in [3.63, 3.8) is 0 Å². The molecular formula is C27H28N4O6. The molecule has 192 valence electrons. The fraction of sp³-hybridized carbons (Fsp3) is 0.259. The minimum absolute atomic E-state index is 0.0446. The van der Waals surface area contributed by atoms with Crippen LogP contribution in [-0.4, -0.2) is 74.4 Å². The SMILES string of the molecule is C=C(NC(=O)C(=C)N1Cc2c(cccc2-c2ccc3c(c2)OCC(=O)N3C)C1=O)C(=O)N(C)CCOC. The van der Waals surface area contributed by atoms with Crippen molar-refractivity contribution in [3.05, 3.63) is 72.1 Å². The second-order valence-corrected chi connectivity index (χ2v) is 8.75. The lowest BCUT2D eigenvalue weighted by atomic mass is 9.96. The van der Waals surface area contributed by atoms with Crippen LogP contribution in [0.2, 0.25) is 0 Å². The third kappa shape index (κ3) is 4.83. The Bertz CT molecular complexity index is 1330. The van der Waals surface area contributed by atoms with Crippen molar-refractivity contribution in [1.29, 1.82) is 0 Å². The molecule has 2 aliphatic heterocycles. The number of ether oxygens (including phenoxy) is 2. The maximum absolute atomic E-state index is 13.2. The van der Waals surface area contributed by atoms with E-state index in [0.717, 1.165) is 16.7 Å². The molecule has 1 N–H and O–H groups in total. The van der Waals surface area contributed by atoms with E-state index >= 15 is 0 Å². The number of amides is 4. The molecule has 0 radical (unpaired) electrons. The second kappa shape index (κ2) is 10.3. The van der Waals surface area contributed by atoms with E-state index in [1.54, 1.807) is 37.2 Å². The molecule has 0 saturated heterocycles. The molecule has 2 heterocycles. The molecule has 37 heavy (non-hydrogen) atoms. The Labute approximate surface area is 214 Å². The van der Waals surface area contributed by atoms with Gasteiger partial charge in [0.15, 0.2) is 6.61 Å². The first-order chi connectivity index (χ1) is 17.6. The molecule has 2 aliphatic rings. The van der Waals surface area contributed by atoms with Gasteiger partial charge in [-0.2, -0.15) is 0 Å². The summed E-state index contributed by atoms with van der Waals surface area (Å²) >= 11 is 0. The van der Waals surface area contributed by atoms with E-state index in [1.165, 1.54) is 16.9 Å². The number of benzene rings is 2. The average Bonchev–Trinajstić information content (AvgIpc) is 3.24. The maximum atomic E-state index is 13.2. The Morgan fingerprint density at radius 2 is 1.89 bits per heavy atom. The fourth-order valence-electron chi connectivity index (χ4n) is 4.21. The predicted molar refractivity (Wildman–Crippen MR) is 137 cm³/mol. The van der Waals surface area contributed by atoms with Crippen molar-refractivity contribution in [2.75, 3.05) is 45.9 Å². The molecule has 10 nitrogen and oxygen atoms in total. The van der Waals surface area contributed by atoms with Crippen molar-refractivity contribution in [2.45, 2.75) is 6.54 Å². The van der Waals surface area contributed by atoms with Gasteiger partial charge < -0.3 is 24.6 Å². The number of carbonyl (C=O) groups is 4. The van der Waals surface area contributed by atoms with Crippen molar-refractivity contribution in [3.8, 4) is 16.9 Å². The summed E-state index contributed by atoms with van der Waals surface area (Å²) in [6.07, 6.45) is 0. The van der Waals surface area contributed by atoms with Crippen LogP contribution in [0, 0.1) is 0 Å². The van der Waals surface area contributed by atoms with Crippen LogP contribution in [0.5, 0.6) is 5.75 Å². The van der Waals surface area contributed by atoms with Gasteiger partial charge in [-0.05, 0) is 34.9 Å². The lowest BCUT2D eigenvalue weighted by molar-refractivity contribution is -0.128. The summed E-state index contributed by atoms with van der Waals surface area (Å²) in [5, 5.41) is 2.44.